The van der Waals surface area contributed by atoms with Crippen molar-refractivity contribution in [3.05, 3.63) is 30.1 Å². The highest BCUT2D eigenvalue weighted by Crippen LogP contribution is 2.18. The van der Waals surface area contributed by atoms with Crippen molar-refractivity contribution in [3.63, 3.8) is 0 Å². The zero-order valence-corrected chi connectivity index (χ0v) is 11.8. The number of para-hydroxylation sites is 2. The first kappa shape index (κ1) is 13.5. The van der Waals surface area contributed by atoms with E-state index in [1.165, 1.54) is 5.52 Å². The van der Waals surface area contributed by atoms with Gasteiger partial charge >= 0.3 is 0 Å². The second-order valence-electron chi connectivity index (χ2n) is 5.20. The van der Waals surface area contributed by atoms with E-state index in [0.29, 0.717) is 6.54 Å². The molecule has 1 aliphatic heterocycles. The van der Waals surface area contributed by atoms with E-state index in [9.17, 15) is 0 Å². The number of hydrogen-bond donors (Lipinski definition) is 1. The molecule has 1 saturated heterocycles. The van der Waals surface area contributed by atoms with Gasteiger partial charge in [0.1, 0.15) is 5.82 Å². The monoisotopic (exact) mass is 274 g/mol. The fourth-order valence-corrected chi connectivity index (χ4v) is 2.70. The molecule has 5 heteroatoms. The van der Waals surface area contributed by atoms with Crippen LogP contribution in [0, 0.1) is 0 Å². The first-order valence-electron chi connectivity index (χ1n) is 7.33. The molecule has 0 atom stereocenters. The van der Waals surface area contributed by atoms with Gasteiger partial charge in [0.25, 0.3) is 0 Å². The van der Waals surface area contributed by atoms with Crippen molar-refractivity contribution in [3.8, 4) is 0 Å². The van der Waals surface area contributed by atoms with Gasteiger partial charge in [0.15, 0.2) is 0 Å². The molecule has 0 radical (unpaired) electrons. The number of ether oxygens (including phenoxy) is 1. The largest absolute Gasteiger partial charge is 0.379 e. The Morgan fingerprint density at radius 1 is 1.20 bits per heavy atom. The van der Waals surface area contributed by atoms with Gasteiger partial charge < -0.3 is 15.0 Å². The average molecular weight is 274 g/mol. The number of fused-ring (bicyclic) bond motifs is 1. The molecule has 3 rings (SSSR count). The van der Waals surface area contributed by atoms with Gasteiger partial charge in [0.05, 0.1) is 30.8 Å². The average Bonchev–Trinajstić information content (AvgIpc) is 2.83. The van der Waals surface area contributed by atoms with E-state index in [1.807, 2.05) is 6.07 Å². The molecule has 2 heterocycles. The van der Waals surface area contributed by atoms with Gasteiger partial charge in [-0.15, -0.1) is 0 Å². The van der Waals surface area contributed by atoms with Gasteiger partial charge in [-0.05, 0) is 25.1 Å². The molecule has 2 aromatic rings. The van der Waals surface area contributed by atoms with E-state index >= 15 is 0 Å². The molecule has 0 bridgehead atoms. The Morgan fingerprint density at radius 3 is 2.80 bits per heavy atom. The number of hydrogen-bond acceptors (Lipinski definition) is 4. The second-order valence-corrected chi connectivity index (χ2v) is 5.20. The van der Waals surface area contributed by atoms with E-state index in [0.717, 1.165) is 57.2 Å². The minimum Gasteiger partial charge on any atom is -0.379 e. The summed E-state index contributed by atoms with van der Waals surface area (Å²) < 4.78 is 7.72. The molecule has 1 aromatic heterocycles. The lowest BCUT2D eigenvalue weighted by Crippen LogP contribution is -2.36. The predicted octanol–water partition coefficient (Wildman–Crippen LogP) is 1.22. The lowest BCUT2D eigenvalue weighted by atomic mass is 10.3. The van der Waals surface area contributed by atoms with E-state index in [1.54, 1.807) is 0 Å². The van der Waals surface area contributed by atoms with Crippen molar-refractivity contribution in [2.75, 3.05) is 32.8 Å². The van der Waals surface area contributed by atoms with Crippen molar-refractivity contribution in [1.82, 2.24) is 14.5 Å². The number of nitrogens with two attached hydrogens (primary N) is 1. The molecular weight excluding hydrogens is 252 g/mol. The molecule has 2 N–H and O–H groups in total. The summed E-state index contributed by atoms with van der Waals surface area (Å²) in [6.45, 7) is 6.16. The summed E-state index contributed by atoms with van der Waals surface area (Å²) in [7, 11) is 0. The molecule has 5 nitrogen and oxygen atoms in total. The van der Waals surface area contributed by atoms with Crippen LogP contribution in [0.5, 0.6) is 0 Å². The summed E-state index contributed by atoms with van der Waals surface area (Å²) in [5.41, 5.74) is 7.95. The molecule has 0 unspecified atom stereocenters. The van der Waals surface area contributed by atoms with Crippen molar-refractivity contribution >= 4 is 11.0 Å². The zero-order chi connectivity index (χ0) is 13.8. The Kier molecular flexibility index (Phi) is 4.30. The maximum absolute atomic E-state index is 5.66. The van der Waals surface area contributed by atoms with Gasteiger partial charge in [0, 0.05) is 19.6 Å². The van der Waals surface area contributed by atoms with Crippen molar-refractivity contribution in [2.24, 2.45) is 5.73 Å². The van der Waals surface area contributed by atoms with E-state index in [4.69, 9.17) is 15.5 Å². The van der Waals surface area contributed by atoms with Crippen LogP contribution < -0.4 is 5.73 Å². The third kappa shape index (κ3) is 2.85. The molecule has 1 aliphatic rings. The number of rotatable bonds is 5. The quantitative estimate of drug-likeness (QED) is 0.890. The molecule has 20 heavy (non-hydrogen) atoms. The molecule has 108 valence electrons. The second kappa shape index (κ2) is 6.35. The molecular formula is C15H22N4O. The van der Waals surface area contributed by atoms with Crippen LogP contribution in [0.15, 0.2) is 24.3 Å². The SMILES string of the molecule is NCCCn1c(CN2CCOCC2)nc2ccccc21. The number of morpholine rings is 1. The zero-order valence-electron chi connectivity index (χ0n) is 11.8. The first-order chi connectivity index (χ1) is 9.88. The summed E-state index contributed by atoms with van der Waals surface area (Å²) >= 11 is 0. The fourth-order valence-electron chi connectivity index (χ4n) is 2.70. The highest BCUT2D eigenvalue weighted by atomic mass is 16.5. The Labute approximate surface area is 119 Å². The van der Waals surface area contributed by atoms with Gasteiger partial charge in [0.2, 0.25) is 0 Å². The van der Waals surface area contributed by atoms with Crippen LogP contribution in [0.25, 0.3) is 11.0 Å². The van der Waals surface area contributed by atoms with Gasteiger partial charge in [-0.2, -0.15) is 0 Å². The van der Waals surface area contributed by atoms with Crippen LogP contribution in [-0.4, -0.2) is 47.3 Å². The number of nitrogens with zero attached hydrogens (tertiary/aromatic N) is 3. The first-order valence-corrected chi connectivity index (χ1v) is 7.33. The summed E-state index contributed by atoms with van der Waals surface area (Å²) in [5, 5.41) is 0. The van der Waals surface area contributed by atoms with E-state index < -0.39 is 0 Å². The van der Waals surface area contributed by atoms with Crippen molar-refractivity contribution < 1.29 is 4.74 Å². The highest BCUT2D eigenvalue weighted by Gasteiger charge is 2.16. The molecule has 0 saturated carbocycles. The lowest BCUT2D eigenvalue weighted by molar-refractivity contribution is 0.0326. The molecule has 1 fully saturated rings. The Balaban J connectivity index is 1.87. The van der Waals surface area contributed by atoms with Gasteiger partial charge in [-0.25, -0.2) is 4.98 Å². The Hall–Kier alpha value is -1.43. The van der Waals surface area contributed by atoms with Crippen LogP contribution in [0.2, 0.25) is 0 Å². The number of aromatic nitrogens is 2. The minimum atomic E-state index is 0.712. The normalized spacial score (nSPS) is 16.9. The Bertz CT molecular complexity index is 560. The topological polar surface area (TPSA) is 56.3 Å². The lowest BCUT2D eigenvalue weighted by Gasteiger charge is -2.26. The predicted molar refractivity (Wildman–Crippen MR) is 79.5 cm³/mol. The van der Waals surface area contributed by atoms with Gasteiger partial charge in [-0.1, -0.05) is 12.1 Å². The van der Waals surface area contributed by atoms with Crippen LogP contribution in [0.4, 0.5) is 0 Å². The van der Waals surface area contributed by atoms with E-state index in [-0.39, 0.29) is 0 Å². The summed E-state index contributed by atoms with van der Waals surface area (Å²) in [6.07, 6.45) is 0.983. The maximum atomic E-state index is 5.66. The van der Waals surface area contributed by atoms with Crippen LogP contribution in [0.3, 0.4) is 0 Å². The minimum absolute atomic E-state index is 0.712. The molecule has 0 amide bonds. The third-order valence-electron chi connectivity index (χ3n) is 3.79. The summed E-state index contributed by atoms with van der Waals surface area (Å²) in [4.78, 5) is 7.21. The maximum Gasteiger partial charge on any atom is 0.124 e. The molecule has 1 aromatic carbocycles. The van der Waals surface area contributed by atoms with Gasteiger partial charge in [-0.3, -0.25) is 4.90 Å². The molecule has 0 aliphatic carbocycles. The van der Waals surface area contributed by atoms with Crippen molar-refractivity contribution in [2.45, 2.75) is 19.5 Å². The summed E-state index contributed by atoms with van der Waals surface area (Å²) in [6, 6.07) is 8.33. The van der Waals surface area contributed by atoms with Crippen molar-refractivity contribution in [1.29, 1.82) is 0 Å². The van der Waals surface area contributed by atoms with Crippen LogP contribution in [0.1, 0.15) is 12.2 Å². The smallest absolute Gasteiger partial charge is 0.124 e. The Morgan fingerprint density at radius 2 is 2.00 bits per heavy atom. The van der Waals surface area contributed by atoms with E-state index in [2.05, 4.69) is 27.7 Å². The number of imidazole rings is 1. The number of aryl methyl sites for hydroxylation is 1. The number of benzene rings is 1. The molecule has 0 spiro atoms. The standard InChI is InChI=1S/C15H22N4O/c16-6-3-7-19-14-5-2-1-4-13(14)17-15(19)12-18-8-10-20-11-9-18/h1-2,4-5H,3,6-12,16H2. The highest BCUT2D eigenvalue weighted by molar-refractivity contribution is 5.75. The summed E-state index contributed by atoms with van der Waals surface area (Å²) in [5.74, 6) is 1.14. The van der Waals surface area contributed by atoms with Crippen LogP contribution >= 0.6 is 0 Å². The fraction of sp³-hybridized carbons (Fsp3) is 0.533. The van der Waals surface area contributed by atoms with Crippen LogP contribution in [-0.2, 0) is 17.8 Å². The third-order valence-corrected chi connectivity index (χ3v) is 3.79.